The predicted molar refractivity (Wildman–Crippen MR) is 110 cm³/mol. The molecule has 0 radical (unpaired) electrons. The summed E-state index contributed by atoms with van der Waals surface area (Å²) in [7, 11) is 1.60. The van der Waals surface area contributed by atoms with Gasteiger partial charge in [-0.1, -0.05) is 25.1 Å². The number of methoxy groups -OCH3 is 1. The first-order chi connectivity index (χ1) is 13.7. The van der Waals surface area contributed by atoms with Crippen LogP contribution in [0, 0.1) is 0 Å². The monoisotopic (exact) mass is 376 g/mol. The van der Waals surface area contributed by atoms with E-state index in [0.29, 0.717) is 17.9 Å². The standard InChI is InChI=1S/C23H24N2O3/c1-3-22(28-21-6-4-5-20(16-21)27-2)23(26)25-19-9-7-17(8-10-19)15-18-11-13-24-14-12-18/h4-14,16,22H,3,15H2,1-2H3,(H,25,26). The minimum absolute atomic E-state index is 0.174. The van der Waals surface area contributed by atoms with Crippen LogP contribution in [0.4, 0.5) is 5.69 Å². The summed E-state index contributed by atoms with van der Waals surface area (Å²) in [5, 5.41) is 2.93. The molecule has 0 aliphatic carbocycles. The maximum atomic E-state index is 12.6. The lowest BCUT2D eigenvalue weighted by atomic mass is 10.1. The highest BCUT2D eigenvalue weighted by Crippen LogP contribution is 2.21. The molecule has 0 spiro atoms. The van der Waals surface area contributed by atoms with E-state index in [9.17, 15) is 4.79 Å². The number of rotatable bonds is 8. The minimum Gasteiger partial charge on any atom is -0.497 e. The Bertz CT molecular complexity index is 895. The number of pyridine rings is 1. The molecule has 3 rings (SSSR count). The number of aromatic nitrogens is 1. The zero-order valence-electron chi connectivity index (χ0n) is 16.1. The lowest BCUT2D eigenvalue weighted by Gasteiger charge is -2.18. The highest BCUT2D eigenvalue weighted by atomic mass is 16.5. The van der Waals surface area contributed by atoms with Crippen molar-refractivity contribution in [3.8, 4) is 11.5 Å². The van der Waals surface area contributed by atoms with Gasteiger partial charge in [-0.05, 0) is 60.4 Å². The van der Waals surface area contributed by atoms with Gasteiger partial charge in [-0.15, -0.1) is 0 Å². The number of hydrogen-bond donors (Lipinski definition) is 1. The van der Waals surface area contributed by atoms with Gasteiger partial charge in [0.25, 0.3) is 5.91 Å². The van der Waals surface area contributed by atoms with Gasteiger partial charge in [0.05, 0.1) is 7.11 Å². The fraction of sp³-hybridized carbons (Fsp3) is 0.217. The second-order valence-electron chi connectivity index (χ2n) is 6.41. The summed E-state index contributed by atoms with van der Waals surface area (Å²) >= 11 is 0. The lowest BCUT2D eigenvalue weighted by molar-refractivity contribution is -0.122. The molecular formula is C23H24N2O3. The molecule has 0 fully saturated rings. The van der Waals surface area contributed by atoms with Crippen LogP contribution in [0.15, 0.2) is 73.1 Å². The Morgan fingerprint density at radius 1 is 1.00 bits per heavy atom. The third-order valence-electron chi connectivity index (χ3n) is 4.36. The fourth-order valence-electron chi connectivity index (χ4n) is 2.83. The van der Waals surface area contributed by atoms with E-state index in [0.717, 1.165) is 12.1 Å². The lowest BCUT2D eigenvalue weighted by Crippen LogP contribution is -2.32. The van der Waals surface area contributed by atoms with Gasteiger partial charge in [0.15, 0.2) is 6.10 Å². The van der Waals surface area contributed by atoms with E-state index in [2.05, 4.69) is 10.3 Å². The maximum Gasteiger partial charge on any atom is 0.265 e. The van der Waals surface area contributed by atoms with Gasteiger partial charge >= 0.3 is 0 Å². The average Bonchev–Trinajstić information content (AvgIpc) is 2.74. The first kappa shape index (κ1) is 19.4. The van der Waals surface area contributed by atoms with Crippen molar-refractivity contribution in [1.29, 1.82) is 0 Å². The Labute approximate surface area is 165 Å². The second kappa shape index (κ2) is 9.55. The molecule has 3 aromatic rings. The van der Waals surface area contributed by atoms with Crippen molar-refractivity contribution in [3.05, 3.63) is 84.2 Å². The van der Waals surface area contributed by atoms with Crippen molar-refractivity contribution in [3.63, 3.8) is 0 Å². The molecule has 1 N–H and O–H groups in total. The molecule has 5 heteroatoms. The van der Waals surface area contributed by atoms with Crippen LogP contribution in [0.2, 0.25) is 0 Å². The molecule has 144 valence electrons. The van der Waals surface area contributed by atoms with Gasteiger partial charge in [0.2, 0.25) is 0 Å². The highest BCUT2D eigenvalue weighted by molar-refractivity contribution is 5.94. The summed E-state index contributed by atoms with van der Waals surface area (Å²) in [4.78, 5) is 16.6. The van der Waals surface area contributed by atoms with Crippen LogP contribution in [0.25, 0.3) is 0 Å². The van der Waals surface area contributed by atoms with Crippen molar-refractivity contribution < 1.29 is 14.3 Å². The van der Waals surface area contributed by atoms with E-state index in [1.165, 1.54) is 11.1 Å². The van der Waals surface area contributed by atoms with Crippen LogP contribution in [-0.2, 0) is 11.2 Å². The van der Waals surface area contributed by atoms with Crippen LogP contribution in [-0.4, -0.2) is 24.1 Å². The Hall–Kier alpha value is -3.34. The zero-order valence-corrected chi connectivity index (χ0v) is 16.1. The minimum atomic E-state index is -0.580. The zero-order chi connectivity index (χ0) is 19.8. The van der Waals surface area contributed by atoms with Crippen molar-refractivity contribution in [1.82, 2.24) is 4.98 Å². The Morgan fingerprint density at radius 2 is 1.68 bits per heavy atom. The molecule has 1 aromatic heterocycles. The normalized spacial score (nSPS) is 11.5. The molecule has 0 saturated carbocycles. The van der Waals surface area contributed by atoms with Gasteiger partial charge in [0, 0.05) is 24.1 Å². The first-order valence-electron chi connectivity index (χ1n) is 9.27. The van der Waals surface area contributed by atoms with E-state index in [1.807, 2.05) is 61.5 Å². The Kier molecular flexibility index (Phi) is 6.63. The summed E-state index contributed by atoms with van der Waals surface area (Å²) in [6.07, 6.45) is 4.38. The molecule has 0 aliphatic heterocycles. The number of hydrogen-bond acceptors (Lipinski definition) is 4. The van der Waals surface area contributed by atoms with Crippen molar-refractivity contribution in [2.45, 2.75) is 25.9 Å². The third kappa shape index (κ3) is 5.33. The predicted octanol–water partition coefficient (Wildman–Crippen LogP) is 4.48. The molecule has 0 saturated heterocycles. The molecule has 0 bridgehead atoms. The number of carbonyl (C=O) groups is 1. The van der Waals surface area contributed by atoms with Crippen molar-refractivity contribution in [2.24, 2.45) is 0 Å². The van der Waals surface area contributed by atoms with Crippen LogP contribution < -0.4 is 14.8 Å². The molecule has 1 unspecified atom stereocenters. The van der Waals surface area contributed by atoms with Gasteiger partial charge in [-0.2, -0.15) is 0 Å². The SMILES string of the molecule is CCC(Oc1cccc(OC)c1)C(=O)Nc1ccc(Cc2ccncc2)cc1. The molecule has 1 heterocycles. The number of benzene rings is 2. The molecule has 28 heavy (non-hydrogen) atoms. The number of anilines is 1. The quantitative estimate of drug-likeness (QED) is 0.630. The van der Waals surface area contributed by atoms with Gasteiger partial charge < -0.3 is 14.8 Å². The second-order valence-corrected chi connectivity index (χ2v) is 6.41. The van der Waals surface area contributed by atoms with Crippen LogP contribution >= 0.6 is 0 Å². The van der Waals surface area contributed by atoms with Crippen LogP contribution in [0.5, 0.6) is 11.5 Å². The first-order valence-corrected chi connectivity index (χ1v) is 9.27. The fourth-order valence-corrected chi connectivity index (χ4v) is 2.83. The maximum absolute atomic E-state index is 12.6. The molecule has 0 aliphatic rings. The number of amides is 1. The smallest absolute Gasteiger partial charge is 0.265 e. The molecular weight excluding hydrogens is 352 g/mol. The van der Waals surface area contributed by atoms with Crippen molar-refractivity contribution >= 4 is 11.6 Å². The molecule has 2 aromatic carbocycles. The Balaban J connectivity index is 1.60. The summed E-state index contributed by atoms with van der Waals surface area (Å²) in [5.41, 5.74) is 3.12. The average molecular weight is 376 g/mol. The van der Waals surface area contributed by atoms with E-state index < -0.39 is 6.10 Å². The van der Waals surface area contributed by atoms with E-state index in [4.69, 9.17) is 9.47 Å². The van der Waals surface area contributed by atoms with Gasteiger partial charge in [-0.3, -0.25) is 9.78 Å². The number of nitrogens with one attached hydrogen (secondary N) is 1. The van der Waals surface area contributed by atoms with Crippen LogP contribution in [0.3, 0.4) is 0 Å². The Morgan fingerprint density at radius 3 is 2.36 bits per heavy atom. The molecule has 1 amide bonds. The van der Waals surface area contributed by atoms with Crippen LogP contribution in [0.1, 0.15) is 24.5 Å². The highest BCUT2D eigenvalue weighted by Gasteiger charge is 2.18. The summed E-state index contributed by atoms with van der Waals surface area (Å²) in [5.74, 6) is 1.12. The van der Waals surface area contributed by atoms with E-state index in [-0.39, 0.29) is 5.91 Å². The summed E-state index contributed by atoms with van der Waals surface area (Å²) < 4.78 is 11.0. The number of ether oxygens (including phenoxy) is 2. The van der Waals surface area contributed by atoms with Gasteiger partial charge in [0.1, 0.15) is 11.5 Å². The van der Waals surface area contributed by atoms with E-state index >= 15 is 0 Å². The molecule has 1 atom stereocenters. The van der Waals surface area contributed by atoms with Gasteiger partial charge in [-0.25, -0.2) is 0 Å². The summed E-state index contributed by atoms with van der Waals surface area (Å²) in [6, 6.07) is 19.1. The number of nitrogens with zero attached hydrogens (tertiary/aromatic N) is 1. The topological polar surface area (TPSA) is 60.5 Å². The summed E-state index contributed by atoms with van der Waals surface area (Å²) in [6.45, 7) is 1.92. The molecule has 5 nitrogen and oxygen atoms in total. The largest absolute Gasteiger partial charge is 0.497 e. The van der Waals surface area contributed by atoms with Crippen molar-refractivity contribution in [2.75, 3.05) is 12.4 Å². The number of carbonyl (C=O) groups excluding carboxylic acids is 1. The van der Waals surface area contributed by atoms with E-state index in [1.54, 1.807) is 25.6 Å². The third-order valence-corrected chi connectivity index (χ3v) is 4.36.